The Labute approximate surface area is 76.5 Å². The van der Waals surface area contributed by atoms with Crippen LogP contribution >= 0.6 is 0 Å². The van der Waals surface area contributed by atoms with Crippen LogP contribution in [0.15, 0.2) is 18.2 Å². The number of nitrogens with one attached hydrogen (secondary N) is 1. The maximum Gasteiger partial charge on any atom is 0.123 e. The molecule has 2 rings (SSSR count). The number of aryl methyl sites for hydroxylation is 1. The van der Waals surface area contributed by atoms with Gasteiger partial charge in [-0.05, 0) is 13.0 Å². The van der Waals surface area contributed by atoms with Gasteiger partial charge in [0.1, 0.15) is 5.75 Å². The highest BCUT2D eigenvalue weighted by atomic mass is 16.5. The van der Waals surface area contributed by atoms with Gasteiger partial charge in [0.25, 0.3) is 0 Å². The van der Waals surface area contributed by atoms with E-state index in [1.807, 2.05) is 25.1 Å². The Kier molecular flexibility index (Phi) is 1.65. The largest absolute Gasteiger partial charge is 0.497 e. The van der Waals surface area contributed by atoms with Gasteiger partial charge in [-0.25, -0.2) is 0 Å². The van der Waals surface area contributed by atoms with Crippen molar-refractivity contribution in [1.29, 1.82) is 0 Å². The number of anilines is 1. The lowest BCUT2D eigenvalue weighted by atomic mass is 10.2. The van der Waals surface area contributed by atoms with Gasteiger partial charge in [-0.1, -0.05) is 0 Å². The van der Waals surface area contributed by atoms with Gasteiger partial charge in [0.15, 0.2) is 0 Å². The number of H-pyrrole nitrogens is 1. The Balaban J connectivity index is 2.75. The number of benzene rings is 1. The molecule has 68 valence electrons. The molecule has 0 amide bonds. The van der Waals surface area contributed by atoms with Crippen molar-refractivity contribution in [3.05, 3.63) is 23.9 Å². The van der Waals surface area contributed by atoms with E-state index in [2.05, 4.69) is 4.98 Å². The standard InChI is InChI=1S/C10H12N2O/c1-6-3-8-9(11)4-7(13-2)5-10(8)12-6/h3-5,12H,11H2,1-2H3. The highest BCUT2D eigenvalue weighted by Crippen LogP contribution is 2.27. The molecule has 2 aromatic rings. The highest BCUT2D eigenvalue weighted by molar-refractivity contribution is 5.92. The van der Waals surface area contributed by atoms with Crippen LogP contribution in [-0.4, -0.2) is 12.1 Å². The summed E-state index contributed by atoms with van der Waals surface area (Å²) in [5.41, 5.74) is 8.72. The van der Waals surface area contributed by atoms with Crippen molar-refractivity contribution >= 4 is 16.6 Å². The molecule has 0 fully saturated rings. The van der Waals surface area contributed by atoms with Crippen molar-refractivity contribution in [3.63, 3.8) is 0 Å². The van der Waals surface area contributed by atoms with Gasteiger partial charge in [0.2, 0.25) is 0 Å². The molecule has 1 aromatic carbocycles. The molecular weight excluding hydrogens is 164 g/mol. The summed E-state index contributed by atoms with van der Waals surface area (Å²) in [7, 11) is 1.64. The van der Waals surface area contributed by atoms with E-state index < -0.39 is 0 Å². The van der Waals surface area contributed by atoms with Crippen LogP contribution in [0.4, 0.5) is 5.69 Å². The Morgan fingerprint density at radius 1 is 1.31 bits per heavy atom. The van der Waals surface area contributed by atoms with Crippen LogP contribution in [0, 0.1) is 6.92 Å². The number of nitrogens with two attached hydrogens (primary N) is 1. The number of ether oxygens (including phenoxy) is 1. The van der Waals surface area contributed by atoms with E-state index in [1.54, 1.807) is 7.11 Å². The van der Waals surface area contributed by atoms with Crippen LogP contribution in [0.2, 0.25) is 0 Å². The molecule has 3 heteroatoms. The third-order valence-electron chi connectivity index (χ3n) is 2.11. The zero-order valence-electron chi connectivity index (χ0n) is 7.72. The molecule has 1 aromatic heterocycles. The Hall–Kier alpha value is -1.64. The van der Waals surface area contributed by atoms with Gasteiger partial charge in [-0.15, -0.1) is 0 Å². The van der Waals surface area contributed by atoms with E-state index >= 15 is 0 Å². The first-order valence-electron chi connectivity index (χ1n) is 4.13. The number of aromatic amines is 1. The highest BCUT2D eigenvalue weighted by Gasteiger charge is 2.03. The molecule has 0 radical (unpaired) electrons. The minimum Gasteiger partial charge on any atom is -0.497 e. The molecule has 13 heavy (non-hydrogen) atoms. The predicted molar refractivity (Wildman–Crippen MR) is 54.0 cm³/mol. The van der Waals surface area contributed by atoms with Gasteiger partial charge in [0, 0.05) is 28.9 Å². The second kappa shape index (κ2) is 2.69. The number of hydrogen-bond acceptors (Lipinski definition) is 2. The molecule has 0 spiro atoms. The number of fused-ring (bicyclic) bond motifs is 1. The van der Waals surface area contributed by atoms with E-state index in [1.165, 1.54) is 0 Å². The molecule has 0 aliphatic rings. The minimum atomic E-state index is 0.749. The molecule has 3 N–H and O–H groups in total. The summed E-state index contributed by atoms with van der Waals surface area (Å²) in [5, 5.41) is 1.05. The maximum absolute atomic E-state index is 5.85. The maximum atomic E-state index is 5.85. The molecule has 0 saturated heterocycles. The summed E-state index contributed by atoms with van der Waals surface area (Å²) in [6.45, 7) is 2.01. The Bertz CT molecular complexity index is 445. The lowest BCUT2D eigenvalue weighted by molar-refractivity contribution is 0.415. The van der Waals surface area contributed by atoms with E-state index in [0.717, 1.165) is 28.0 Å². The fourth-order valence-electron chi connectivity index (χ4n) is 1.50. The monoisotopic (exact) mass is 176 g/mol. The first kappa shape index (κ1) is 7.98. The van der Waals surface area contributed by atoms with Crippen LogP contribution in [0.25, 0.3) is 10.9 Å². The van der Waals surface area contributed by atoms with Crippen molar-refractivity contribution in [2.75, 3.05) is 12.8 Å². The van der Waals surface area contributed by atoms with Crippen LogP contribution in [-0.2, 0) is 0 Å². The number of hydrogen-bond donors (Lipinski definition) is 2. The first-order valence-corrected chi connectivity index (χ1v) is 4.13. The van der Waals surface area contributed by atoms with Crippen molar-refractivity contribution in [1.82, 2.24) is 4.98 Å². The van der Waals surface area contributed by atoms with Crippen molar-refractivity contribution in [2.24, 2.45) is 0 Å². The number of nitrogen functional groups attached to an aromatic ring is 1. The van der Waals surface area contributed by atoms with Gasteiger partial charge < -0.3 is 15.5 Å². The molecule has 0 aliphatic heterocycles. The van der Waals surface area contributed by atoms with Crippen molar-refractivity contribution in [2.45, 2.75) is 6.92 Å². The Morgan fingerprint density at radius 2 is 2.08 bits per heavy atom. The van der Waals surface area contributed by atoms with E-state index in [4.69, 9.17) is 10.5 Å². The topological polar surface area (TPSA) is 51.0 Å². The average molecular weight is 176 g/mol. The van der Waals surface area contributed by atoms with E-state index in [-0.39, 0.29) is 0 Å². The summed E-state index contributed by atoms with van der Waals surface area (Å²) < 4.78 is 5.11. The van der Waals surface area contributed by atoms with Crippen LogP contribution in [0.5, 0.6) is 5.75 Å². The van der Waals surface area contributed by atoms with Crippen LogP contribution in [0.1, 0.15) is 5.69 Å². The lowest BCUT2D eigenvalue weighted by Gasteiger charge is -2.01. The van der Waals surface area contributed by atoms with Crippen LogP contribution < -0.4 is 10.5 Å². The summed E-state index contributed by atoms with van der Waals surface area (Å²) >= 11 is 0. The summed E-state index contributed by atoms with van der Waals surface area (Å²) in [4.78, 5) is 3.21. The molecule has 0 bridgehead atoms. The molecule has 0 aliphatic carbocycles. The Morgan fingerprint density at radius 3 is 2.77 bits per heavy atom. The second-order valence-electron chi connectivity index (χ2n) is 3.13. The molecule has 3 nitrogen and oxygen atoms in total. The number of aromatic nitrogens is 1. The fourth-order valence-corrected chi connectivity index (χ4v) is 1.50. The average Bonchev–Trinajstić information content (AvgIpc) is 2.46. The molecule has 1 heterocycles. The van der Waals surface area contributed by atoms with Crippen molar-refractivity contribution in [3.8, 4) is 5.75 Å². The normalized spacial score (nSPS) is 10.6. The summed E-state index contributed by atoms with van der Waals surface area (Å²) in [6, 6.07) is 5.80. The third-order valence-corrected chi connectivity index (χ3v) is 2.11. The SMILES string of the molecule is COc1cc(N)c2cc(C)[nH]c2c1. The number of rotatable bonds is 1. The quantitative estimate of drug-likeness (QED) is 0.653. The summed E-state index contributed by atoms with van der Waals surface area (Å²) in [5.74, 6) is 0.784. The van der Waals surface area contributed by atoms with Gasteiger partial charge in [-0.2, -0.15) is 0 Å². The molecular formula is C10H12N2O. The zero-order valence-corrected chi connectivity index (χ0v) is 7.72. The smallest absolute Gasteiger partial charge is 0.123 e. The minimum absolute atomic E-state index is 0.749. The third kappa shape index (κ3) is 1.22. The molecule has 0 saturated carbocycles. The van der Waals surface area contributed by atoms with Gasteiger partial charge in [-0.3, -0.25) is 0 Å². The lowest BCUT2D eigenvalue weighted by Crippen LogP contribution is -1.88. The van der Waals surface area contributed by atoms with Gasteiger partial charge in [0.05, 0.1) is 12.6 Å². The van der Waals surface area contributed by atoms with E-state index in [9.17, 15) is 0 Å². The van der Waals surface area contributed by atoms with Crippen LogP contribution in [0.3, 0.4) is 0 Å². The molecule has 0 unspecified atom stereocenters. The fraction of sp³-hybridized carbons (Fsp3) is 0.200. The predicted octanol–water partition coefficient (Wildman–Crippen LogP) is 2.07. The number of methoxy groups -OCH3 is 1. The first-order chi connectivity index (χ1) is 6.20. The van der Waals surface area contributed by atoms with E-state index in [0.29, 0.717) is 0 Å². The summed E-state index contributed by atoms with van der Waals surface area (Å²) in [6.07, 6.45) is 0. The zero-order chi connectivity index (χ0) is 9.42. The van der Waals surface area contributed by atoms with Crippen molar-refractivity contribution < 1.29 is 4.74 Å². The molecule has 0 atom stereocenters. The van der Waals surface area contributed by atoms with Gasteiger partial charge >= 0.3 is 0 Å². The second-order valence-corrected chi connectivity index (χ2v) is 3.13.